The number of halogens is 1. The van der Waals surface area contributed by atoms with Gasteiger partial charge in [-0.25, -0.2) is 0 Å². The van der Waals surface area contributed by atoms with Crippen LogP contribution in [0, 0.1) is 5.41 Å². The van der Waals surface area contributed by atoms with Gasteiger partial charge in [-0.1, -0.05) is 6.92 Å². The molecule has 2 N–H and O–H groups in total. The lowest BCUT2D eigenvalue weighted by atomic mass is 9.90. The average molecular weight is 284 g/mol. The highest BCUT2D eigenvalue weighted by Crippen LogP contribution is 2.29. The van der Waals surface area contributed by atoms with Crippen molar-refractivity contribution in [3.05, 3.63) is 28.5 Å². The van der Waals surface area contributed by atoms with Gasteiger partial charge in [-0.15, -0.1) is 0 Å². The van der Waals surface area contributed by atoms with Crippen molar-refractivity contribution < 1.29 is 0 Å². The molecule has 0 spiro atoms. The topological polar surface area (TPSA) is 42.1 Å². The Morgan fingerprint density at radius 1 is 1.56 bits per heavy atom. The summed E-state index contributed by atoms with van der Waals surface area (Å²) in [5.41, 5.74) is 7.37. The number of rotatable bonds is 3. The maximum absolute atomic E-state index is 5.80. The molecule has 1 aromatic rings. The highest BCUT2D eigenvalue weighted by atomic mass is 79.9. The number of nitrogens with two attached hydrogens (primary N) is 1. The second-order valence-electron chi connectivity index (χ2n) is 4.99. The maximum Gasteiger partial charge on any atom is 0.0410 e. The Hall–Kier alpha value is -0.450. The lowest BCUT2D eigenvalue weighted by Crippen LogP contribution is -2.31. The van der Waals surface area contributed by atoms with Gasteiger partial charge in [0, 0.05) is 30.0 Å². The van der Waals surface area contributed by atoms with E-state index in [4.69, 9.17) is 5.73 Å². The van der Waals surface area contributed by atoms with E-state index >= 15 is 0 Å². The Bertz CT molecular complexity index is 369. The molecule has 2 heterocycles. The summed E-state index contributed by atoms with van der Waals surface area (Å²) in [7, 11) is 0. The molecular weight excluding hydrogens is 266 g/mol. The van der Waals surface area contributed by atoms with Gasteiger partial charge >= 0.3 is 0 Å². The van der Waals surface area contributed by atoms with Gasteiger partial charge in [-0.2, -0.15) is 0 Å². The molecule has 1 fully saturated rings. The number of pyridine rings is 1. The average Bonchev–Trinajstić information content (AvgIpc) is 2.61. The zero-order chi connectivity index (χ0) is 11.6. The van der Waals surface area contributed by atoms with Crippen molar-refractivity contribution >= 4 is 15.9 Å². The van der Waals surface area contributed by atoms with E-state index in [1.165, 1.54) is 12.0 Å². The lowest BCUT2D eigenvalue weighted by Gasteiger charge is -2.22. The van der Waals surface area contributed by atoms with Crippen LogP contribution in [0.4, 0.5) is 0 Å². The zero-order valence-corrected chi connectivity index (χ0v) is 11.2. The molecule has 0 amide bonds. The Balaban J connectivity index is 1.97. The fraction of sp³-hybridized carbons (Fsp3) is 0.583. The first kappa shape index (κ1) is 12.0. The van der Waals surface area contributed by atoms with Crippen molar-refractivity contribution in [1.82, 2.24) is 9.88 Å². The SMILES string of the molecule is CC1(CN)CCN(Cc2cncc(Br)c2)C1. The summed E-state index contributed by atoms with van der Waals surface area (Å²) in [6, 6.07) is 2.13. The monoisotopic (exact) mass is 283 g/mol. The Morgan fingerprint density at radius 3 is 3.00 bits per heavy atom. The van der Waals surface area contributed by atoms with Crippen LogP contribution in [0.1, 0.15) is 18.9 Å². The second kappa shape index (κ2) is 4.82. The minimum absolute atomic E-state index is 0.305. The van der Waals surface area contributed by atoms with Gasteiger partial charge in [0.25, 0.3) is 0 Å². The van der Waals surface area contributed by atoms with Crippen LogP contribution in [-0.2, 0) is 6.54 Å². The molecular formula is C12H18BrN3. The molecule has 16 heavy (non-hydrogen) atoms. The molecule has 3 nitrogen and oxygen atoms in total. The third-order valence-electron chi connectivity index (χ3n) is 3.30. The molecule has 1 aliphatic rings. The molecule has 0 bridgehead atoms. The highest BCUT2D eigenvalue weighted by Gasteiger charge is 2.32. The van der Waals surface area contributed by atoms with Crippen molar-refractivity contribution in [2.24, 2.45) is 11.1 Å². The van der Waals surface area contributed by atoms with Crippen LogP contribution < -0.4 is 5.73 Å². The van der Waals surface area contributed by atoms with E-state index in [2.05, 4.69) is 38.8 Å². The van der Waals surface area contributed by atoms with Gasteiger partial charge in [0.05, 0.1) is 0 Å². The van der Waals surface area contributed by atoms with Gasteiger partial charge in [-0.3, -0.25) is 9.88 Å². The third kappa shape index (κ3) is 2.81. The van der Waals surface area contributed by atoms with Crippen LogP contribution in [0.3, 0.4) is 0 Å². The van der Waals surface area contributed by atoms with E-state index in [-0.39, 0.29) is 0 Å². The van der Waals surface area contributed by atoms with Crippen LogP contribution in [0.5, 0.6) is 0 Å². The Morgan fingerprint density at radius 2 is 2.38 bits per heavy atom. The van der Waals surface area contributed by atoms with Gasteiger partial charge in [0.1, 0.15) is 0 Å². The predicted molar refractivity (Wildman–Crippen MR) is 69.0 cm³/mol. The van der Waals surface area contributed by atoms with Crippen LogP contribution >= 0.6 is 15.9 Å². The summed E-state index contributed by atoms with van der Waals surface area (Å²) in [5, 5.41) is 0. The second-order valence-corrected chi connectivity index (χ2v) is 5.90. The van der Waals surface area contributed by atoms with E-state index in [0.717, 1.165) is 30.7 Å². The standard InChI is InChI=1S/C12H18BrN3/c1-12(8-14)2-3-16(9-12)7-10-4-11(13)6-15-5-10/h4-6H,2-3,7-9,14H2,1H3. The third-order valence-corrected chi connectivity index (χ3v) is 3.73. The van der Waals surface area contributed by atoms with Crippen molar-refractivity contribution in [1.29, 1.82) is 0 Å². The zero-order valence-electron chi connectivity index (χ0n) is 9.62. The molecule has 1 aliphatic heterocycles. The number of nitrogens with zero attached hydrogens (tertiary/aromatic N) is 2. The molecule has 1 aromatic heterocycles. The van der Waals surface area contributed by atoms with Gasteiger partial charge in [0.15, 0.2) is 0 Å². The summed E-state index contributed by atoms with van der Waals surface area (Å²) in [5.74, 6) is 0. The summed E-state index contributed by atoms with van der Waals surface area (Å²) >= 11 is 3.45. The summed E-state index contributed by atoms with van der Waals surface area (Å²) in [6.07, 6.45) is 4.95. The fourth-order valence-corrected chi connectivity index (χ4v) is 2.64. The van der Waals surface area contributed by atoms with Crippen LogP contribution in [-0.4, -0.2) is 29.5 Å². The van der Waals surface area contributed by atoms with Crippen LogP contribution in [0.2, 0.25) is 0 Å². The predicted octanol–water partition coefficient (Wildman–Crippen LogP) is 2.01. The Kier molecular flexibility index (Phi) is 3.62. The minimum Gasteiger partial charge on any atom is -0.330 e. The molecule has 1 unspecified atom stereocenters. The van der Waals surface area contributed by atoms with Gasteiger partial charge in [0.2, 0.25) is 0 Å². The smallest absolute Gasteiger partial charge is 0.0410 e. The lowest BCUT2D eigenvalue weighted by molar-refractivity contribution is 0.274. The summed E-state index contributed by atoms with van der Waals surface area (Å²) in [6.45, 7) is 6.25. The van der Waals surface area contributed by atoms with Gasteiger partial charge in [-0.05, 0) is 52.5 Å². The molecule has 0 radical (unpaired) electrons. The first-order chi connectivity index (χ1) is 7.61. The normalized spacial score (nSPS) is 26.2. The van der Waals surface area contributed by atoms with E-state index < -0.39 is 0 Å². The maximum atomic E-state index is 5.80. The number of aromatic nitrogens is 1. The number of hydrogen-bond acceptors (Lipinski definition) is 3. The first-order valence-electron chi connectivity index (χ1n) is 5.63. The van der Waals surface area contributed by atoms with Crippen LogP contribution in [0.15, 0.2) is 22.9 Å². The van der Waals surface area contributed by atoms with E-state index in [9.17, 15) is 0 Å². The van der Waals surface area contributed by atoms with Crippen molar-refractivity contribution in [3.63, 3.8) is 0 Å². The molecule has 0 aromatic carbocycles. The van der Waals surface area contributed by atoms with Crippen molar-refractivity contribution in [3.8, 4) is 0 Å². The quantitative estimate of drug-likeness (QED) is 0.923. The highest BCUT2D eigenvalue weighted by molar-refractivity contribution is 9.10. The first-order valence-corrected chi connectivity index (χ1v) is 6.42. The molecule has 0 aliphatic carbocycles. The molecule has 0 saturated carbocycles. The largest absolute Gasteiger partial charge is 0.330 e. The summed E-state index contributed by atoms with van der Waals surface area (Å²) in [4.78, 5) is 6.64. The Labute approximate surface area is 105 Å². The summed E-state index contributed by atoms with van der Waals surface area (Å²) < 4.78 is 1.05. The minimum atomic E-state index is 0.305. The van der Waals surface area contributed by atoms with Gasteiger partial charge < -0.3 is 5.73 Å². The van der Waals surface area contributed by atoms with E-state index in [0.29, 0.717) is 5.41 Å². The molecule has 2 rings (SSSR count). The molecule has 1 atom stereocenters. The number of hydrogen-bond donors (Lipinski definition) is 1. The van der Waals surface area contributed by atoms with Crippen LogP contribution in [0.25, 0.3) is 0 Å². The van der Waals surface area contributed by atoms with E-state index in [1.807, 2.05) is 12.4 Å². The van der Waals surface area contributed by atoms with Crippen molar-refractivity contribution in [2.75, 3.05) is 19.6 Å². The van der Waals surface area contributed by atoms with E-state index in [1.54, 1.807) is 0 Å². The molecule has 4 heteroatoms. The molecule has 88 valence electrons. The van der Waals surface area contributed by atoms with Crippen molar-refractivity contribution in [2.45, 2.75) is 19.9 Å². The number of likely N-dealkylation sites (tertiary alicyclic amines) is 1. The molecule has 1 saturated heterocycles. The fourth-order valence-electron chi connectivity index (χ4n) is 2.23.